The Bertz CT molecular complexity index is 1790. The van der Waals surface area contributed by atoms with Gasteiger partial charge >= 0.3 is 11.9 Å². The van der Waals surface area contributed by atoms with E-state index in [0.29, 0.717) is 0 Å². The van der Waals surface area contributed by atoms with Crippen molar-refractivity contribution in [1.82, 2.24) is 0 Å². The van der Waals surface area contributed by atoms with Crippen molar-refractivity contribution in [2.45, 2.75) is 38.5 Å². The van der Waals surface area contributed by atoms with Crippen molar-refractivity contribution in [3.8, 4) is 0 Å². The minimum atomic E-state index is -0.927. The maximum absolute atomic E-state index is 11.6. The van der Waals surface area contributed by atoms with E-state index in [0.717, 1.165) is 45.0 Å². The van der Waals surface area contributed by atoms with E-state index in [4.69, 9.17) is 0 Å². The zero-order chi connectivity index (χ0) is 31.1. The van der Waals surface area contributed by atoms with Gasteiger partial charge in [-0.3, -0.25) is 0 Å². The standard InChI is InChI=1S/C37H36N2O4/c1-36(2)28-22-26(34(40)41)18-20-30(28)38(5)32(36)16-10-14-25(24-12-8-7-9-13-24)15-11-17-33-37(3,4)29-23-27(35(42)43)19-21-31(29)39(33)6/h7-23H,1-6H3,(H-,40,41,42,43)/p+1. The molecule has 2 N–H and O–H groups in total. The van der Waals surface area contributed by atoms with Gasteiger partial charge in [-0.2, -0.15) is 4.58 Å². The Morgan fingerprint density at radius 3 is 2.07 bits per heavy atom. The summed E-state index contributed by atoms with van der Waals surface area (Å²) in [5, 5.41) is 19.0. The molecule has 0 fully saturated rings. The van der Waals surface area contributed by atoms with Gasteiger partial charge in [0.25, 0.3) is 0 Å². The van der Waals surface area contributed by atoms with Crippen molar-refractivity contribution < 1.29 is 24.4 Å². The molecule has 3 aromatic carbocycles. The van der Waals surface area contributed by atoms with Gasteiger partial charge in [0, 0.05) is 41.6 Å². The molecule has 0 bridgehead atoms. The number of nitrogens with zero attached hydrogens (tertiary/aromatic N) is 2. The fourth-order valence-electron chi connectivity index (χ4n) is 6.30. The highest BCUT2D eigenvalue weighted by Crippen LogP contribution is 2.47. The Morgan fingerprint density at radius 2 is 1.42 bits per heavy atom. The number of rotatable bonds is 7. The zero-order valence-electron chi connectivity index (χ0n) is 25.4. The maximum Gasteiger partial charge on any atom is 0.335 e. The Morgan fingerprint density at radius 1 is 0.791 bits per heavy atom. The third-order valence-electron chi connectivity index (χ3n) is 8.73. The quantitative estimate of drug-likeness (QED) is 0.225. The first kappa shape index (κ1) is 29.5. The van der Waals surface area contributed by atoms with E-state index in [1.807, 2.05) is 56.6 Å². The van der Waals surface area contributed by atoms with Crippen LogP contribution in [0, 0.1) is 0 Å². The van der Waals surface area contributed by atoms with Crippen molar-refractivity contribution >= 4 is 34.6 Å². The largest absolute Gasteiger partial charge is 0.478 e. The van der Waals surface area contributed by atoms with Crippen LogP contribution in [-0.4, -0.2) is 46.5 Å². The van der Waals surface area contributed by atoms with Gasteiger partial charge in [-0.1, -0.05) is 68.5 Å². The number of anilines is 1. The highest BCUT2D eigenvalue weighted by Gasteiger charge is 2.43. The van der Waals surface area contributed by atoms with Crippen molar-refractivity contribution in [2.24, 2.45) is 0 Å². The molecule has 2 heterocycles. The molecule has 218 valence electrons. The molecule has 5 rings (SSSR count). The molecule has 0 atom stereocenters. The lowest BCUT2D eigenvalue weighted by atomic mass is 9.81. The van der Waals surface area contributed by atoms with Crippen LogP contribution in [0.1, 0.15) is 65.1 Å². The Balaban J connectivity index is 1.47. The van der Waals surface area contributed by atoms with Gasteiger partial charge in [0.2, 0.25) is 5.69 Å². The molecule has 6 nitrogen and oxygen atoms in total. The molecule has 0 radical (unpaired) electrons. The summed E-state index contributed by atoms with van der Waals surface area (Å²) in [5.41, 5.74) is 8.12. The average molecular weight is 574 g/mol. The summed E-state index contributed by atoms with van der Waals surface area (Å²) >= 11 is 0. The molecule has 0 unspecified atom stereocenters. The summed E-state index contributed by atoms with van der Waals surface area (Å²) in [7, 11) is 4.03. The summed E-state index contributed by atoms with van der Waals surface area (Å²) in [5.74, 6) is -1.85. The number of benzene rings is 3. The molecule has 0 spiro atoms. The highest BCUT2D eigenvalue weighted by atomic mass is 16.4. The second kappa shape index (κ2) is 11.0. The van der Waals surface area contributed by atoms with E-state index in [1.165, 1.54) is 0 Å². The number of aromatic carboxylic acids is 2. The van der Waals surface area contributed by atoms with Gasteiger partial charge in [0.1, 0.15) is 7.05 Å². The van der Waals surface area contributed by atoms with Crippen molar-refractivity contribution in [3.63, 3.8) is 0 Å². The molecule has 0 aliphatic carbocycles. The van der Waals surface area contributed by atoms with Gasteiger partial charge in [0.15, 0.2) is 5.71 Å². The third-order valence-corrected chi connectivity index (χ3v) is 8.73. The van der Waals surface area contributed by atoms with E-state index in [1.54, 1.807) is 24.3 Å². The van der Waals surface area contributed by atoms with Crippen molar-refractivity contribution in [1.29, 1.82) is 0 Å². The lowest BCUT2D eigenvalue weighted by Gasteiger charge is -2.23. The fourth-order valence-corrected chi connectivity index (χ4v) is 6.30. The van der Waals surface area contributed by atoms with E-state index >= 15 is 0 Å². The number of fused-ring (bicyclic) bond motifs is 2. The van der Waals surface area contributed by atoms with Crippen LogP contribution in [0.3, 0.4) is 0 Å². The predicted octanol–water partition coefficient (Wildman–Crippen LogP) is 7.60. The Kier molecular flexibility index (Phi) is 7.57. The summed E-state index contributed by atoms with van der Waals surface area (Å²) in [6.45, 7) is 8.47. The van der Waals surface area contributed by atoms with Crippen LogP contribution in [0.15, 0.2) is 109 Å². The van der Waals surface area contributed by atoms with Crippen molar-refractivity contribution in [2.75, 3.05) is 19.0 Å². The molecule has 0 saturated heterocycles. The number of hydrogen-bond acceptors (Lipinski definition) is 3. The van der Waals surface area contributed by atoms with Crippen LogP contribution in [0.25, 0.3) is 5.57 Å². The molecule has 6 heteroatoms. The molecule has 0 saturated carbocycles. The molecule has 43 heavy (non-hydrogen) atoms. The number of hydrogen-bond donors (Lipinski definition) is 2. The summed E-state index contributed by atoms with van der Waals surface area (Å²) in [4.78, 5) is 25.3. The monoisotopic (exact) mass is 573 g/mol. The fraction of sp³-hybridized carbons (Fsp3) is 0.216. The summed E-state index contributed by atoms with van der Waals surface area (Å²) < 4.78 is 2.12. The van der Waals surface area contributed by atoms with Crippen LogP contribution in [0.5, 0.6) is 0 Å². The molecule has 2 aliphatic heterocycles. The first-order valence-electron chi connectivity index (χ1n) is 14.3. The Hall–Kier alpha value is -4.97. The van der Waals surface area contributed by atoms with E-state index in [9.17, 15) is 19.8 Å². The van der Waals surface area contributed by atoms with Gasteiger partial charge < -0.3 is 15.1 Å². The normalized spacial score (nSPS) is 18.1. The van der Waals surface area contributed by atoms with Crippen LogP contribution in [-0.2, 0) is 10.8 Å². The van der Waals surface area contributed by atoms with E-state index in [2.05, 4.69) is 73.6 Å². The topological polar surface area (TPSA) is 80.8 Å². The van der Waals surface area contributed by atoms with Crippen LogP contribution in [0.4, 0.5) is 11.4 Å². The van der Waals surface area contributed by atoms with Gasteiger partial charge in [-0.25, -0.2) is 9.59 Å². The molecular formula is C37H37N2O4+. The second-order valence-corrected chi connectivity index (χ2v) is 12.1. The van der Waals surface area contributed by atoms with Crippen LogP contribution >= 0.6 is 0 Å². The molecule has 0 amide bonds. The average Bonchev–Trinajstić information content (AvgIpc) is 3.29. The van der Waals surface area contributed by atoms with Crippen molar-refractivity contribution in [3.05, 3.63) is 137 Å². The number of carboxylic acids is 2. The third kappa shape index (κ3) is 5.25. The van der Waals surface area contributed by atoms with Gasteiger partial charge in [-0.15, -0.1) is 0 Å². The smallest absolute Gasteiger partial charge is 0.335 e. The first-order chi connectivity index (χ1) is 20.3. The highest BCUT2D eigenvalue weighted by molar-refractivity contribution is 6.04. The van der Waals surface area contributed by atoms with Crippen LogP contribution < -0.4 is 4.90 Å². The number of carbonyl (C=O) groups is 2. The van der Waals surface area contributed by atoms with Gasteiger partial charge in [-0.05, 0) is 67.0 Å². The summed E-state index contributed by atoms with van der Waals surface area (Å²) in [6.07, 6.45) is 12.5. The number of likely N-dealkylation sites (N-methyl/N-ethyl adjacent to an activating group) is 1. The molecular weight excluding hydrogens is 536 g/mol. The summed E-state index contributed by atoms with van der Waals surface area (Å²) in [6, 6.07) is 20.8. The lowest BCUT2D eigenvalue weighted by molar-refractivity contribution is -0.401. The Labute approximate surface area is 252 Å². The number of carboxylic acid groups (broad SMARTS) is 2. The van der Waals surface area contributed by atoms with E-state index in [-0.39, 0.29) is 22.0 Å². The minimum Gasteiger partial charge on any atom is -0.478 e. The molecule has 2 aliphatic rings. The van der Waals surface area contributed by atoms with Gasteiger partial charge in [0.05, 0.1) is 16.5 Å². The van der Waals surface area contributed by atoms with E-state index < -0.39 is 11.9 Å². The molecule has 0 aromatic heterocycles. The minimum absolute atomic E-state index is 0.289. The SMILES string of the molecule is CN1/C(=C/C=C/C(=C\C=C\C2=[N+](C)c3ccc(C(=O)O)cc3C2(C)C)c2ccccc2)C(C)(C)c2cc(C(=O)O)ccc21. The maximum atomic E-state index is 11.6. The van der Waals surface area contributed by atoms with Crippen LogP contribution in [0.2, 0.25) is 0 Å². The second-order valence-electron chi connectivity index (χ2n) is 12.1. The first-order valence-corrected chi connectivity index (χ1v) is 14.3. The molecule has 3 aromatic rings. The zero-order valence-corrected chi connectivity index (χ0v) is 25.4. The number of allylic oxidation sites excluding steroid dienone is 8. The predicted molar refractivity (Wildman–Crippen MR) is 173 cm³/mol. The lowest BCUT2D eigenvalue weighted by Crippen LogP contribution is -2.26.